The minimum Gasteiger partial charge on any atom is -0.493 e. The summed E-state index contributed by atoms with van der Waals surface area (Å²) in [6.07, 6.45) is 0. The van der Waals surface area contributed by atoms with Crippen molar-refractivity contribution in [3.63, 3.8) is 0 Å². The molecular formula is C11H14ClNO4. The second kappa shape index (κ2) is 6.32. The predicted octanol–water partition coefficient (Wildman–Crippen LogP) is 1.53. The van der Waals surface area contributed by atoms with Gasteiger partial charge in [-0.3, -0.25) is 4.79 Å². The number of benzene rings is 1. The van der Waals surface area contributed by atoms with E-state index in [0.717, 1.165) is 5.56 Å². The average Bonchev–Trinajstić information content (AvgIpc) is 2.27. The highest BCUT2D eigenvalue weighted by Gasteiger charge is 2.11. The van der Waals surface area contributed by atoms with Crippen LogP contribution in [-0.4, -0.2) is 31.8 Å². The van der Waals surface area contributed by atoms with E-state index in [1.165, 1.54) is 14.2 Å². The number of carbonyl (C=O) groups is 1. The first-order chi connectivity index (χ1) is 8.08. The Morgan fingerprint density at radius 1 is 1.41 bits per heavy atom. The average molecular weight is 260 g/mol. The van der Waals surface area contributed by atoms with Crippen molar-refractivity contribution in [2.45, 2.75) is 6.54 Å². The van der Waals surface area contributed by atoms with Gasteiger partial charge >= 0.3 is 5.97 Å². The standard InChI is InChI=1S/C11H14ClNO4/c1-16-9-4-8(12)3-7(11(9)17-2)5-13-6-10(14)15/h3-4,13H,5-6H2,1-2H3,(H,14,15). The van der Waals surface area contributed by atoms with Crippen LogP contribution in [0.25, 0.3) is 0 Å². The number of methoxy groups -OCH3 is 2. The van der Waals surface area contributed by atoms with Crippen molar-refractivity contribution in [1.29, 1.82) is 0 Å². The third kappa shape index (κ3) is 3.80. The van der Waals surface area contributed by atoms with Gasteiger partial charge < -0.3 is 19.9 Å². The van der Waals surface area contributed by atoms with Crippen LogP contribution in [0.3, 0.4) is 0 Å². The molecule has 5 nitrogen and oxygen atoms in total. The fraction of sp³-hybridized carbons (Fsp3) is 0.364. The predicted molar refractivity (Wildman–Crippen MR) is 63.9 cm³/mol. The largest absolute Gasteiger partial charge is 0.493 e. The summed E-state index contributed by atoms with van der Waals surface area (Å²) in [6, 6.07) is 3.35. The summed E-state index contributed by atoms with van der Waals surface area (Å²) in [4.78, 5) is 10.4. The molecule has 94 valence electrons. The van der Waals surface area contributed by atoms with Gasteiger partial charge in [0.15, 0.2) is 11.5 Å². The molecule has 1 rings (SSSR count). The Kier molecular flexibility index (Phi) is 5.06. The number of hydrogen-bond acceptors (Lipinski definition) is 4. The van der Waals surface area contributed by atoms with Crippen molar-refractivity contribution in [1.82, 2.24) is 5.32 Å². The first-order valence-corrected chi connectivity index (χ1v) is 5.29. The number of aliphatic carboxylic acids is 1. The number of carboxylic acid groups (broad SMARTS) is 1. The number of rotatable bonds is 6. The monoisotopic (exact) mass is 259 g/mol. The summed E-state index contributed by atoms with van der Waals surface area (Å²) in [5.74, 6) is 0.153. The number of ether oxygens (including phenoxy) is 2. The number of nitrogens with one attached hydrogen (secondary N) is 1. The molecule has 0 radical (unpaired) electrons. The van der Waals surface area contributed by atoms with E-state index in [4.69, 9.17) is 26.2 Å². The second-order valence-electron chi connectivity index (χ2n) is 3.30. The number of hydrogen-bond donors (Lipinski definition) is 2. The fourth-order valence-corrected chi connectivity index (χ4v) is 1.67. The van der Waals surface area contributed by atoms with Crippen LogP contribution in [0.5, 0.6) is 11.5 Å². The lowest BCUT2D eigenvalue weighted by atomic mass is 10.2. The second-order valence-corrected chi connectivity index (χ2v) is 3.73. The van der Waals surface area contributed by atoms with E-state index in [-0.39, 0.29) is 6.54 Å². The smallest absolute Gasteiger partial charge is 0.317 e. The molecule has 0 bridgehead atoms. The molecule has 0 saturated carbocycles. The molecule has 2 N–H and O–H groups in total. The van der Waals surface area contributed by atoms with Gasteiger partial charge in [0.1, 0.15) is 0 Å². The molecule has 0 amide bonds. The van der Waals surface area contributed by atoms with Crippen LogP contribution < -0.4 is 14.8 Å². The van der Waals surface area contributed by atoms with Gasteiger partial charge in [-0.1, -0.05) is 11.6 Å². The molecule has 17 heavy (non-hydrogen) atoms. The van der Waals surface area contributed by atoms with E-state index in [1.54, 1.807) is 12.1 Å². The van der Waals surface area contributed by atoms with Crippen molar-refractivity contribution >= 4 is 17.6 Å². The third-order valence-electron chi connectivity index (χ3n) is 2.11. The Morgan fingerprint density at radius 3 is 2.65 bits per heavy atom. The van der Waals surface area contributed by atoms with Gasteiger partial charge in [0.25, 0.3) is 0 Å². The van der Waals surface area contributed by atoms with Crippen molar-refractivity contribution in [2.24, 2.45) is 0 Å². The molecular weight excluding hydrogens is 246 g/mol. The number of halogens is 1. The topological polar surface area (TPSA) is 67.8 Å². The Balaban J connectivity index is 2.88. The van der Waals surface area contributed by atoms with Gasteiger partial charge in [-0.2, -0.15) is 0 Å². The lowest BCUT2D eigenvalue weighted by Crippen LogP contribution is -2.22. The van der Waals surface area contributed by atoms with Crippen molar-refractivity contribution in [2.75, 3.05) is 20.8 Å². The molecule has 0 saturated heterocycles. The maximum atomic E-state index is 10.4. The highest BCUT2D eigenvalue weighted by atomic mass is 35.5. The van der Waals surface area contributed by atoms with E-state index in [1.807, 2.05) is 0 Å². The summed E-state index contributed by atoms with van der Waals surface area (Å²) in [5, 5.41) is 11.8. The first kappa shape index (κ1) is 13.6. The van der Waals surface area contributed by atoms with Crippen molar-refractivity contribution in [3.05, 3.63) is 22.7 Å². The lowest BCUT2D eigenvalue weighted by Gasteiger charge is -2.13. The van der Waals surface area contributed by atoms with Gasteiger partial charge in [-0.05, 0) is 6.07 Å². The van der Waals surface area contributed by atoms with E-state index >= 15 is 0 Å². The molecule has 6 heteroatoms. The van der Waals surface area contributed by atoms with E-state index in [0.29, 0.717) is 23.1 Å². The van der Waals surface area contributed by atoms with Gasteiger partial charge in [-0.25, -0.2) is 0 Å². The molecule has 1 aromatic rings. The molecule has 0 aromatic heterocycles. The summed E-state index contributed by atoms with van der Waals surface area (Å²) in [7, 11) is 3.04. The van der Waals surface area contributed by atoms with Crippen LogP contribution in [0, 0.1) is 0 Å². The maximum Gasteiger partial charge on any atom is 0.317 e. The summed E-state index contributed by atoms with van der Waals surface area (Å²) < 4.78 is 10.3. The Bertz CT molecular complexity index is 409. The Labute approximate surface area is 104 Å². The lowest BCUT2D eigenvalue weighted by molar-refractivity contribution is -0.135. The van der Waals surface area contributed by atoms with Crippen LogP contribution in [-0.2, 0) is 11.3 Å². The summed E-state index contributed by atoms with van der Waals surface area (Å²) >= 11 is 5.92. The summed E-state index contributed by atoms with van der Waals surface area (Å²) in [5.41, 5.74) is 0.748. The zero-order valence-electron chi connectivity index (χ0n) is 9.62. The van der Waals surface area contributed by atoms with Crippen LogP contribution in [0.2, 0.25) is 5.02 Å². The minimum absolute atomic E-state index is 0.127. The Hall–Kier alpha value is -1.46. The molecule has 0 fully saturated rings. The van der Waals surface area contributed by atoms with Gasteiger partial charge in [0, 0.05) is 23.2 Å². The SMILES string of the molecule is COc1cc(Cl)cc(CNCC(=O)O)c1OC. The van der Waals surface area contributed by atoms with Crippen LogP contribution in [0.4, 0.5) is 0 Å². The van der Waals surface area contributed by atoms with Gasteiger partial charge in [-0.15, -0.1) is 0 Å². The third-order valence-corrected chi connectivity index (χ3v) is 2.33. The molecule has 0 spiro atoms. The van der Waals surface area contributed by atoms with E-state index < -0.39 is 5.97 Å². The zero-order valence-corrected chi connectivity index (χ0v) is 10.4. The fourth-order valence-electron chi connectivity index (χ4n) is 1.44. The molecule has 1 aromatic carbocycles. The highest BCUT2D eigenvalue weighted by Crippen LogP contribution is 2.34. The highest BCUT2D eigenvalue weighted by molar-refractivity contribution is 6.30. The minimum atomic E-state index is -0.919. The van der Waals surface area contributed by atoms with Crippen molar-refractivity contribution < 1.29 is 19.4 Å². The summed E-state index contributed by atoms with van der Waals surface area (Å²) in [6.45, 7) is 0.213. The van der Waals surface area contributed by atoms with E-state index in [9.17, 15) is 4.79 Å². The van der Waals surface area contributed by atoms with E-state index in [2.05, 4.69) is 5.32 Å². The number of carboxylic acids is 1. The molecule has 0 aliphatic carbocycles. The zero-order chi connectivity index (χ0) is 12.8. The Morgan fingerprint density at radius 2 is 2.12 bits per heavy atom. The molecule has 0 heterocycles. The quantitative estimate of drug-likeness (QED) is 0.811. The molecule has 0 atom stereocenters. The van der Waals surface area contributed by atoms with Crippen LogP contribution in [0.15, 0.2) is 12.1 Å². The molecule has 0 unspecified atom stereocenters. The van der Waals surface area contributed by atoms with Gasteiger partial charge in [0.2, 0.25) is 0 Å². The molecule has 0 aliphatic heterocycles. The van der Waals surface area contributed by atoms with Gasteiger partial charge in [0.05, 0.1) is 20.8 Å². The van der Waals surface area contributed by atoms with Crippen molar-refractivity contribution in [3.8, 4) is 11.5 Å². The van der Waals surface area contributed by atoms with Crippen LogP contribution >= 0.6 is 11.6 Å². The normalized spacial score (nSPS) is 10.1. The molecule has 0 aliphatic rings. The van der Waals surface area contributed by atoms with Crippen LogP contribution in [0.1, 0.15) is 5.56 Å². The first-order valence-electron chi connectivity index (χ1n) is 4.91. The maximum absolute atomic E-state index is 10.4.